The smallest absolute Gasteiger partial charge is 0.337 e. The molecule has 0 aromatic heterocycles. The van der Waals surface area contributed by atoms with Gasteiger partial charge in [-0.1, -0.05) is 12.1 Å². The fourth-order valence-corrected chi connectivity index (χ4v) is 4.41. The summed E-state index contributed by atoms with van der Waals surface area (Å²) in [7, 11) is 5.06. The van der Waals surface area contributed by atoms with Crippen molar-refractivity contribution in [2.45, 2.75) is 25.5 Å². The Kier molecular flexibility index (Phi) is 6.43. The maximum absolute atomic E-state index is 13.1. The summed E-state index contributed by atoms with van der Waals surface area (Å²) in [5, 5.41) is 11.3. The standard InChI is InChI=1S/C26H28N2O6/c1-15-13-19-14-18(9-10-20(19)34-15)23(29)21-22(16-5-7-17(8-6-16)26(32)33-4)28(12-11-27(2)3)25(31)24(21)30/h5-10,14-15,22,29H,11-13H2,1-4H3/t15-,22-/m1/s1. The van der Waals surface area contributed by atoms with Crippen LogP contribution in [0.25, 0.3) is 5.76 Å². The summed E-state index contributed by atoms with van der Waals surface area (Å²) in [5.41, 5.74) is 2.40. The fraction of sp³-hybridized carbons (Fsp3) is 0.346. The molecule has 0 spiro atoms. The third kappa shape index (κ3) is 4.28. The fourth-order valence-electron chi connectivity index (χ4n) is 4.41. The van der Waals surface area contributed by atoms with Crippen LogP contribution in [-0.4, -0.2) is 73.0 Å². The molecule has 2 aliphatic rings. The van der Waals surface area contributed by atoms with E-state index in [4.69, 9.17) is 9.47 Å². The number of carbonyl (C=O) groups is 3. The average molecular weight is 465 g/mol. The van der Waals surface area contributed by atoms with Gasteiger partial charge < -0.3 is 24.4 Å². The largest absolute Gasteiger partial charge is 0.507 e. The Bertz CT molecular complexity index is 1170. The topological polar surface area (TPSA) is 96.4 Å². The number of methoxy groups -OCH3 is 1. The molecule has 0 bridgehead atoms. The van der Waals surface area contributed by atoms with Crippen LogP contribution in [0.5, 0.6) is 5.75 Å². The number of Topliss-reactive ketones (excluding diaryl/α,β-unsaturated/α-hetero) is 1. The predicted molar refractivity (Wildman–Crippen MR) is 126 cm³/mol. The Hall–Kier alpha value is -3.65. The normalized spacial score (nSPS) is 21.0. The van der Waals surface area contributed by atoms with Crippen molar-refractivity contribution in [1.82, 2.24) is 9.80 Å². The summed E-state index contributed by atoms with van der Waals surface area (Å²) in [5.74, 6) is -1.35. The number of fused-ring (bicyclic) bond motifs is 1. The summed E-state index contributed by atoms with van der Waals surface area (Å²) in [6.07, 6.45) is 0.740. The van der Waals surface area contributed by atoms with Crippen LogP contribution in [0.2, 0.25) is 0 Å². The number of benzene rings is 2. The molecule has 1 saturated heterocycles. The summed E-state index contributed by atoms with van der Waals surface area (Å²) >= 11 is 0. The highest BCUT2D eigenvalue weighted by Gasteiger charge is 2.46. The number of carbonyl (C=O) groups excluding carboxylic acids is 3. The molecule has 8 heteroatoms. The van der Waals surface area contributed by atoms with Gasteiger partial charge >= 0.3 is 5.97 Å². The van der Waals surface area contributed by atoms with Crippen molar-refractivity contribution >= 4 is 23.4 Å². The van der Waals surface area contributed by atoms with Gasteiger partial charge in [-0.2, -0.15) is 0 Å². The molecular formula is C26H28N2O6. The minimum absolute atomic E-state index is 0.0292. The first-order chi connectivity index (χ1) is 16.2. The third-order valence-corrected chi connectivity index (χ3v) is 6.15. The minimum Gasteiger partial charge on any atom is -0.507 e. The van der Waals surface area contributed by atoms with Crippen molar-refractivity contribution in [3.05, 3.63) is 70.3 Å². The Morgan fingerprint density at radius 1 is 1.15 bits per heavy atom. The van der Waals surface area contributed by atoms with E-state index >= 15 is 0 Å². The zero-order valence-corrected chi connectivity index (χ0v) is 19.7. The lowest BCUT2D eigenvalue weighted by Gasteiger charge is -2.26. The molecule has 178 valence electrons. The van der Waals surface area contributed by atoms with Gasteiger partial charge in [-0.05, 0) is 62.5 Å². The van der Waals surface area contributed by atoms with Gasteiger partial charge in [-0.25, -0.2) is 4.79 Å². The van der Waals surface area contributed by atoms with E-state index in [9.17, 15) is 19.5 Å². The number of aliphatic hydroxyl groups excluding tert-OH is 1. The van der Waals surface area contributed by atoms with Crippen LogP contribution in [0.3, 0.4) is 0 Å². The molecule has 1 fully saturated rings. The van der Waals surface area contributed by atoms with E-state index < -0.39 is 23.7 Å². The molecule has 1 amide bonds. The highest BCUT2D eigenvalue weighted by Crippen LogP contribution is 2.40. The van der Waals surface area contributed by atoms with Crippen molar-refractivity contribution < 1.29 is 29.0 Å². The quantitative estimate of drug-likeness (QED) is 0.304. The van der Waals surface area contributed by atoms with E-state index in [0.717, 1.165) is 11.3 Å². The molecule has 0 saturated carbocycles. The Morgan fingerprint density at radius 2 is 1.82 bits per heavy atom. The second-order valence-electron chi connectivity index (χ2n) is 8.86. The summed E-state index contributed by atoms with van der Waals surface area (Å²) in [4.78, 5) is 41.4. The highest BCUT2D eigenvalue weighted by atomic mass is 16.5. The number of amides is 1. The molecule has 0 aliphatic carbocycles. The second kappa shape index (κ2) is 9.30. The first kappa shape index (κ1) is 23.5. The number of esters is 1. The molecule has 2 aromatic rings. The van der Waals surface area contributed by atoms with E-state index in [1.54, 1.807) is 42.5 Å². The minimum atomic E-state index is -0.782. The summed E-state index contributed by atoms with van der Waals surface area (Å²) < 4.78 is 10.5. The molecule has 2 heterocycles. The van der Waals surface area contributed by atoms with E-state index in [1.165, 1.54) is 12.0 Å². The number of nitrogens with zero attached hydrogens (tertiary/aromatic N) is 2. The Balaban J connectivity index is 1.80. The number of ketones is 1. The zero-order chi connectivity index (χ0) is 24.6. The summed E-state index contributed by atoms with van der Waals surface area (Å²) in [6.45, 7) is 2.80. The summed E-state index contributed by atoms with van der Waals surface area (Å²) in [6, 6.07) is 11.0. The molecule has 2 aromatic carbocycles. The van der Waals surface area contributed by atoms with Crippen LogP contribution in [0.1, 0.15) is 40.0 Å². The van der Waals surface area contributed by atoms with Gasteiger partial charge in [0.15, 0.2) is 0 Å². The first-order valence-electron chi connectivity index (χ1n) is 11.1. The number of ether oxygens (including phenoxy) is 2. The van der Waals surface area contributed by atoms with Crippen LogP contribution in [0, 0.1) is 0 Å². The van der Waals surface area contributed by atoms with Gasteiger partial charge in [0.25, 0.3) is 11.7 Å². The number of likely N-dealkylation sites (tertiary alicyclic amines) is 1. The highest BCUT2D eigenvalue weighted by molar-refractivity contribution is 6.46. The molecule has 2 atom stereocenters. The van der Waals surface area contributed by atoms with Crippen molar-refractivity contribution in [3.63, 3.8) is 0 Å². The lowest BCUT2D eigenvalue weighted by atomic mass is 9.94. The van der Waals surface area contributed by atoms with Gasteiger partial charge in [0.05, 0.1) is 24.3 Å². The van der Waals surface area contributed by atoms with Crippen molar-refractivity contribution in [2.24, 2.45) is 0 Å². The first-order valence-corrected chi connectivity index (χ1v) is 11.1. The van der Waals surface area contributed by atoms with Crippen LogP contribution < -0.4 is 4.74 Å². The Morgan fingerprint density at radius 3 is 2.47 bits per heavy atom. The van der Waals surface area contributed by atoms with Crippen LogP contribution >= 0.6 is 0 Å². The van der Waals surface area contributed by atoms with E-state index in [0.29, 0.717) is 36.2 Å². The van der Waals surface area contributed by atoms with Gasteiger partial charge in [0.1, 0.15) is 17.6 Å². The molecule has 1 N–H and O–H groups in total. The van der Waals surface area contributed by atoms with E-state index in [1.807, 2.05) is 25.9 Å². The van der Waals surface area contributed by atoms with Gasteiger partial charge in [0.2, 0.25) is 0 Å². The van der Waals surface area contributed by atoms with Crippen LogP contribution in [-0.2, 0) is 20.7 Å². The maximum Gasteiger partial charge on any atom is 0.337 e. The molecule has 34 heavy (non-hydrogen) atoms. The van der Waals surface area contributed by atoms with Crippen molar-refractivity contribution in [2.75, 3.05) is 34.3 Å². The Labute approximate surface area is 198 Å². The lowest BCUT2D eigenvalue weighted by molar-refractivity contribution is -0.140. The number of hydrogen-bond donors (Lipinski definition) is 1. The van der Waals surface area contributed by atoms with Gasteiger partial charge in [-0.3, -0.25) is 9.59 Å². The van der Waals surface area contributed by atoms with Gasteiger partial charge in [0, 0.05) is 25.1 Å². The second-order valence-corrected chi connectivity index (χ2v) is 8.86. The molecule has 4 rings (SSSR count). The van der Waals surface area contributed by atoms with Gasteiger partial charge in [-0.15, -0.1) is 0 Å². The molecular weight excluding hydrogens is 436 g/mol. The maximum atomic E-state index is 13.1. The van der Waals surface area contributed by atoms with Crippen molar-refractivity contribution in [1.29, 1.82) is 0 Å². The number of hydrogen-bond acceptors (Lipinski definition) is 7. The molecule has 2 aliphatic heterocycles. The zero-order valence-electron chi connectivity index (χ0n) is 19.7. The van der Waals surface area contributed by atoms with Crippen LogP contribution in [0.15, 0.2) is 48.0 Å². The monoisotopic (exact) mass is 464 g/mol. The van der Waals surface area contributed by atoms with Crippen molar-refractivity contribution in [3.8, 4) is 5.75 Å². The third-order valence-electron chi connectivity index (χ3n) is 6.15. The number of rotatable bonds is 6. The predicted octanol–water partition coefficient (Wildman–Crippen LogP) is 2.78. The molecule has 0 unspecified atom stereocenters. The molecule has 0 radical (unpaired) electrons. The van der Waals surface area contributed by atoms with Crippen LogP contribution in [0.4, 0.5) is 0 Å². The van der Waals surface area contributed by atoms with E-state index in [-0.39, 0.29) is 17.4 Å². The molecule has 8 nitrogen and oxygen atoms in total. The van der Waals surface area contributed by atoms with E-state index in [2.05, 4.69) is 0 Å². The number of aliphatic hydroxyl groups is 1. The average Bonchev–Trinajstić information content (AvgIpc) is 3.32. The SMILES string of the molecule is COC(=O)c1ccc([C@@H]2C(=C(O)c3ccc4c(c3)C[C@@H](C)O4)C(=O)C(=O)N2CCN(C)C)cc1. The lowest BCUT2D eigenvalue weighted by Crippen LogP contribution is -2.35. The number of likely N-dealkylation sites (N-methyl/N-ethyl adjacent to an activating group) is 1.